The second-order valence-electron chi connectivity index (χ2n) is 5.65. The zero-order valence-electron chi connectivity index (χ0n) is 12.8. The van der Waals surface area contributed by atoms with Crippen LogP contribution in [0.1, 0.15) is 25.7 Å². The number of nitro groups is 1. The van der Waals surface area contributed by atoms with Crippen molar-refractivity contribution < 1.29 is 23.2 Å². The van der Waals surface area contributed by atoms with Gasteiger partial charge in [0.2, 0.25) is 15.9 Å². The zero-order chi connectivity index (χ0) is 17.7. The Kier molecular flexibility index (Phi) is 5.86. The molecule has 24 heavy (non-hydrogen) atoms. The van der Waals surface area contributed by atoms with Crippen LogP contribution in [-0.4, -0.2) is 43.0 Å². The maximum atomic E-state index is 12.1. The lowest BCUT2D eigenvalue weighted by Gasteiger charge is -2.26. The van der Waals surface area contributed by atoms with Crippen molar-refractivity contribution in [1.29, 1.82) is 0 Å². The maximum Gasteiger partial charge on any atom is 0.269 e. The minimum Gasteiger partial charge on any atom is -0.393 e. The number of hydrogen-bond acceptors (Lipinski definition) is 6. The fraction of sp³-hybridized carbons (Fsp3) is 0.500. The van der Waals surface area contributed by atoms with Crippen LogP contribution < -0.4 is 10.0 Å². The second kappa shape index (κ2) is 7.69. The van der Waals surface area contributed by atoms with E-state index in [-0.39, 0.29) is 22.7 Å². The van der Waals surface area contributed by atoms with Crippen molar-refractivity contribution in [3.8, 4) is 0 Å². The Labute approximate surface area is 139 Å². The number of hydrogen-bond donors (Lipinski definition) is 3. The minimum atomic E-state index is -3.92. The van der Waals surface area contributed by atoms with Crippen molar-refractivity contribution in [1.82, 2.24) is 10.0 Å². The topological polar surface area (TPSA) is 139 Å². The van der Waals surface area contributed by atoms with Gasteiger partial charge in [-0.25, -0.2) is 13.1 Å². The highest BCUT2D eigenvalue weighted by atomic mass is 32.2. The molecular weight excluding hydrogens is 338 g/mol. The Bertz CT molecular complexity index is 696. The van der Waals surface area contributed by atoms with Crippen molar-refractivity contribution in [2.45, 2.75) is 42.7 Å². The molecule has 0 aliphatic heterocycles. The van der Waals surface area contributed by atoms with Gasteiger partial charge in [-0.15, -0.1) is 0 Å². The van der Waals surface area contributed by atoms with Gasteiger partial charge in [0, 0.05) is 18.2 Å². The average Bonchev–Trinajstić information content (AvgIpc) is 2.55. The first-order chi connectivity index (χ1) is 11.3. The van der Waals surface area contributed by atoms with Crippen molar-refractivity contribution in [3.05, 3.63) is 34.4 Å². The summed E-state index contributed by atoms with van der Waals surface area (Å²) in [6.07, 6.45) is 2.20. The van der Waals surface area contributed by atoms with Crippen LogP contribution in [0, 0.1) is 10.1 Å². The van der Waals surface area contributed by atoms with E-state index in [0.717, 1.165) is 24.3 Å². The Morgan fingerprint density at radius 2 is 1.79 bits per heavy atom. The molecule has 1 aliphatic rings. The third-order valence-corrected chi connectivity index (χ3v) is 5.26. The molecule has 1 amide bonds. The van der Waals surface area contributed by atoms with E-state index >= 15 is 0 Å². The van der Waals surface area contributed by atoms with E-state index in [2.05, 4.69) is 10.0 Å². The molecule has 0 radical (unpaired) electrons. The molecule has 0 aromatic heterocycles. The molecule has 132 valence electrons. The number of carbonyl (C=O) groups is 1. The first-order valence-corrected chi connectivity index (χ1v) is 8.98. The predicted octanol–water partition coefficient (Wildman–Crippen LogP) is 0.293. The summed E-state index contributed by atoms with van der Waals surface area (Å²) >= 11 is 0. The van der Waals surface area contributed by atoms with E-state index in [1.165, 1.54) is 0 Å². The summed E-state index contributed by atoms with van der Waals surface area (Å²) < 4.78 is 26.3. The van der Waals surface area contributed by atoms with Gasteiger partial charge in [-0.3, -0.25) is 14.9 Å². The maximum absolute atomic E-state index is 12.1. The summed E-state index contributed by atoms with van der Waals surface area (Å²) in [6.45, 7) is -0.418. The number of sulfonamides is 1. The SMILES string of the molecule is O=C(CNS(=O)(=O)c1ccc([N+](=O)[O-])cc1)N[C@H]1CC[C@H](O)CC1. The number of carbonyl (C=O) groups excluding carboxylic acids is 1. The number of nitrogens with zero attached hydrogens (tertiary/aromatic N) is 1. The summed E-state index contributed by atoms with van der Waals surface area (Å²) in [6, 6.07) is 4.33. The Morgan fingerprint density at radius 3 is 2.33 bits per heavy atom. The van der Waals surface area contributed by atoms with Crippen LogP contribution >= 0.6 is 0 Å². The van der Waals surface area contributed by atoms with Gasteiger partial charge >= 0.3 is 0 Å². The van der Waals surface area contributed by atoms with E-state index in [9.17, 15) is 28.4 Å². The van der Waals surface area contributed by atoms with Gasteiger partial charge in [-0.05, 0) is 37.8 Å². The summed E-state index contributed by atoms with van der Waals surface area (Å²) in [4.78, 5) is 21.6. The van der Waals surface area contributed by atoms with Crippen LogP contribution in [0.3, 0.4) is 0 Å². The summed E-state index contributed by atoms with van der Waals surface area (Å²) in [5, 5.41) is 22.7. The number of nitro benzene ring substituents is 1. The number of aliphatic hydroxyl groups excluding tert-OH is 1. The van der Waals surface area contributed by atoms with Crippen LogP contribution in [0.15, 0.2) is 29.2 Å². The molecule has 9 nitrogen and oxygen atoms in total. The molecule has 0 bridgehead atoms. The summed E-state index contributed by atoms with van der Waals surface area (Å²) in [5.41, 5.74) is -0.217. The zero-order valence-corrected chi connectivity index (χ0v) is 13.7. The monoisotopic (exact) mass is 357 g/mol. The highest BCUT2D eigenvalue weighted by molar-refractivity contribution is 7.89. The predicted molar refractivity (Wildman–Crippen MR) is 84.7 cm³/mol. The molecule has 1 aromatic carbocycles. The van der Waals surface area contributed by atoms with Crippen molar-refractivity contribution in [2.75, 3.05) is 6.54 Å². The first kappa shape index (κ1) is 18.3. The van der Waals surface area contributed by atoms with E-state index in [0.29, 0.717) is 25.7 Å². The average molecular weight is 357 g/mol. The molecule has 1 aliphatic carbocycles. The Hall–Kier alpha value is -2.04. The van der Waals surface area contributed by atoms with Gasteiger partial charge in [0.05, 0.1) is 22.5 Å². The number of non-ortho nitro benzene ring substituents is 1. The van der Waals surface area contributed by atoms with Crippen LogP contribution in [0.25, 0.3) is 0 Å². The van der Waals surface area contributed by atoms with Gasteiger partial charge in [0.25, 0.3) is 5.69 Å². The molecule has 1 aromatic rings. The quantitative estimate of drug-likeness (QED) is 0.494. The summed E-state index contributed by atoms with van der Waals surface area (Å²) in [5.74, 6) is -0.457. The van der Waals surface area contributed by atoms with E-state index in [4.69, 9.17) is 0 Å². The number of benzene rings is 1. The lowest BCUT2D eigenvalue weighted by Crippen LogP contribution is -2.43. The van der Waals surface area contributed by atoms with E-state index in [1.54, 1.807) is 0 Å². The fourth-order valence-corrected chi connectivity index (χ4v) is 3.47. The van der Waals surface area contributed by atoms with Crippen molar-refractivity contribution in [3.63, 3.8) is 0 Å². The van der Waals surface area contributed by atoms with E-state index < -0.39 is 27.4 Å². The van der Waals surface area contributed by atoms with Crippen LogP contribution in [0.4, 0.5) is 5.69 Å². The standard InChI is InChI=1S/C14H19N3O6S/c18-12-5-1-10(2-6-12)16-14(19)9-15-24(22,23)13-7-3-11(4-8-13)17(20)21/h3-4,7-8,10,12,15,18H,1-2,5-6,9H2,(H,16,19)/t10-,12-. The second-order valence-corrected chi connectivity index (χ2v) is 7.42. The lowest BCUT2D eigenvalue weighted by molar-refractivity contribution is -0.384. The molecule has 1 fully saturated rings. The third-order valence-electron chi connectivity index (χ3n) is 3.84. The Balaban J connectivity index is 1.87. The number of rotatable bonds is 6. The minimum absolute atomic E-state index is 0.0650. The molecule has 2 rings (SSSR count). The molecule has 0 spiro atoms. The molecule has 0 heterocycles. The smallest absolute Gasteiger partial charge is 0.269 e. The van der Waals surface area contributed by atoms with Gasteiger partial charge in [0.15, 0.2) is 0 Å². The lowest BCUT2D eigenvalue weighted by atomic mass is 9.93. The molecule has 0 unspecified atom stereocenters. The van der Waals surface area contributed by atoms with Crippen LogP contribution in [0.2, 0.25) is 0 Å². The van der Waals surface area contributed by atoms with Gasteiger partial charge in [-0.1, -0.05) is 0 Å². The van der Waals surface area contributed by atoms with Crippen molar-refractivity contribution >= 4 is 21.6 Å². The first-order valence-electron chi connectivity index (χ1n) is 7.49. The van der Waals surface area contributed by atoms with Crippen molar-refractivity contribution in [2.24, 2.45) is 0 Å². The van der Waals surface area contributed by atoms with Crippen LogP contribution in [-0.2, 0) is 14.8 Å². The normalized spacial score (nSPS) is 21.2. The highest BCUT2D eigenvalue weighted by Gasteiger charge is 2.22. The van der Waals surface area contributed by atoms with Gasteiger partial charge in [0.1, 0.15) is 0 Å². The van der Waals surface area contributed by atoms with E-state index in [1.807, 2.05) is 0 Å². The number of amides is 1. The molecule has 10 heteroatoms. The number of nitrogens with one attached hydrogen (secondary N) is 2. The summed E-state index contributed by atoms with van der Waals surface area (Å²) in [7, 11) is -3.92. The molecule has 3 N–H and O–H groups in total. The molecule has 0 atom stereocenters. The van der Waals surface area contributed by atoms with Gasteiger partial charge in [-0.2, -0.15) is 0 Å². The fourth-order valence-electron chi connectivity index (χ4n) is 2.49. The third kappa shape index (κ3) is 4.98. The molecule has 0 saturated heterocycles. The van der Waals surface area contributed by atoms with Crippen LogP contribution in [0.5, 0.6) is 0 Å². The Morgan fingerprint density at radius 1 is 1.21 bits per heavy atom. The largest absolute Gasteiger partial charge is 0.393 e. The molecule has 1 saturated carbocycles. The van der Waals surface area contributed by atoms with Gasteiger partial charge < -0.3 is 10.4 Å². The molecular formula is C14H19N3O6S. The highest BCUT2D eigenvalue weighted by Crippen LogP contribution is 2.18. The number of aliphatic hydroxyl groups is 1.